The molecule has 0 aliphatic heterocycles. The maximum Gasteiger partial charge on any atom is 0.223 e. The first-order valence-electron chi connectivity index (χ1n) is 10.8. The standard InChI is InChI=1S/C24H40FNO3.H2/c1-17(2)19(4)22(16-18(3)25)29-15-14-28-13-12-26-23(27)20-8-10-21(11-9-20)24(5,6)7;/h16-17,20-21H,3-4,8-15H2,1-2,5-7H3,(H,26,27);1H/b22-16+;. The number of nitrogens with one attached hydrogen (secondary N) is 1. The number of allylic oxidation sites excluding steroid dienone is 3. The van der Waals surface area contributed by atoms with Gasteiger partial charge in [0.25, 0.3) is 0 Å². The molecule has 1 rings (SSSR count). The fraction of sp³-hybridized carbons (Fsp3) is 0.708. The molecule has 1 aliphatic rings. The summed E-state index contributed by atoms with van der Waals surface area (Å²) < 4.78 is 24.2. The maximum absolute atomic E-state index is 13.1. The molecule has 0 spiro atoms. The molecule has 0 saturated heterocycles. The monoisotopic (exact) mass is 411 g/mol. The summed E-state index contributed by atoms with van der Waals surface area (Å²) in [6.45, 7) is 19.5. The van der Waals surface area contributed by atoms with E-state index in [1.54, 1.807) is 0 Å². The minimum Gasteiger partial charge on any atom is -0.491 e. The van der Waals surface area contributed by atoms with Crippen LogP contribution >= 0.6 is 0 Å². The third-order valence-corrected chi connectivity index (χ3v) is 5.65. The van der Waals surface area contributed by atoms with Crippen molar-refractivity contribution in [2.24, 2.45) is 23.2 Å². The zero-order valence-corrected chi connectivity index (χ0v) is 19.0. The molecular weight excluding hydrogens is 369 g/mol. The van der Waals surface area contributed by atoms with Crippen LogP contribution in [0.25, 0.3) is 0 Å². The first kappa shape index (κ1) is 25.4. The summed E-state index contributed by atoms with van der Waals surface area (Å²) in [5.74, 6) is 0.945. The fourth-order valence-corrected chi connectivity index (χ4v) is 3.58. The number of carbonyl (C=O) groups is 1. The highest BCUT2D eigenvalue weighted by molar-refractivity contribution is 5.78. The number of hydrogen-bond donors (Lipinski definition) is 1. The van der Waals surface area contributed by atoms with Crippen LogP contribution in [0.1, 0.15) is 61.7 Å². The molecule has 29 heavy (non-hydrogen) atoms. The summed E-state index contributed by atoms with van der Waals surface area (Å²) in [6.07, 6.45) is 5.43. The van der Waals surface area contributed by atoms with E-state index in [4.69, 9.17) is 9.47 Å². The van der Waals surface area contributed by atoms with Crippen molar-refractivity contribution in [3.05, 3.63) is 36.4 Å². The number of amides is 1. The molecule has 0 radical (unpaired) electrons. The summed E-state index contributed by atoms with van der Waals surface area (Å²) in [6, 6.07) is 0. The van der Waals surface area contributed by atoms with E-state index in [0.29, 0.717) is 36.9 Å². The number of halogens is 1. The van der Waals surface area contributed by atoms with Crippen LogP contribution in [-0.4, -0.2) is 32.3 Å². The minimum atomic E-state index is -0.568. The Morgan fingerprint density at radius 1 is 1.17 bits per heavy atom. The summed E-state index contributed by atoms with van der Waals surface area (Å²) in [4.78, 5) is 12.3. The molecular formula is C24H42FNO3. The van der Waals surface area contributed by atoms with E-state index in [9.17, 15) is 9.18 Å². The first-order valence-corrected chi connectivity index (χ1v) is 10.8. The molecule has 168 valence electrons. The first-order chi connectivity index (χ1) is 13.5. The molecule has 0 bridgehead atoms. The van der Waals surface area contributed by atoms with E-state index in [2.05, 4.69) is 39.2 Å². The van der Waals surface area contributed by atoms with Gasteiger partial charge in [-0.05, 0) is 48.5 Å². The van der Waals surface area contributed by atoms with Gasteiger partial charge in [-0.3, -0.25) is 4.79 Å². The average Bonchev–Trinajstić information content (AvgIpc) is 2.64. The van der Waals surface area contributed by atoms with E-state index in [0.717, 1.165) is 31.3 Å². The Labute approximate surface area is 178 Å². The lowest BCUT2D eigenvalue weighted by Crippen LogP contribution is -2.36. The molecule has 0 aromatic carbocycles. The Kier molecular flexibility index (Phi) is 10.7. The van der Waals surface area contributed by atoms with Gasteiger partial charge < -0.3 is 14.8 Å². The molecule has 1 saturated carbocycles. The van der Waals surface area contributed by atoms with E-state index in [-0.39, 0.29) is 25.8 Å². The molecule has 1 amide bonds. The van der Waals surface area contributed by atoms with Gasteiger partial charge in [-0.2, -0.15) is 0 Å². The molecule has 0 aromatic rings. The van der Waals surface area contributed by atoms with Crippen molar-refractivity contribution in [1.82, 2.24) is 5.32 Å². The van der Waals surface area contributed by atoms with E-state index in [1.165, 1.54) is 6.08 Å². The lowest BCUT2D eigenvalue weighted by atomic mass is 9.70. The van der Waals surface area contributed by atoms with Gasteiger partial charge in [0.2, 0.25) is 5.91 Å². The van der Waals surface area contributed by atoms with Gasteiger partial charge in [0, 0.05) is 20.0 Å². The highest BCUT2D eigenvalue weighted by Gasteiger charge is 2.32. The van der Waals surface area contributed by atoms with Gasteiger partial charge >= 0.3 is 0 Å². The molecule has 0 aromatic heterocycles. The Bertz CT molecular complexity index is 588. The van der Waals surface area contributed by atoms with Gasteiger partial charge in [-0.1, -0.05) is 47.8 Å². The van der Waals surface area contributed by atoms with Crippen molar-refractivity contribution in [3.8, 4) is 0 Å². The zero-order chi connectivity index (χ0) is 22.0. The minimum absolute atomic E-state index is 0. The Balaban J connectivity index is 0.00000841. The smallest absolute Gasteiger partial charge is 0.223 e. The van der Waals surface area contributed by atoms with E-state index in [1.807, 2.05) is 13.8 Å². The number of rotatable bonds is 11. The molecule has 4 nitrogen and oxygen atoms in total. The highest BCUT2D eigenvalue weighted by Crippen LogP contribution is 2.39. The van der Waals surface area contributed by atoms with Crippen LogP contribution in [0.3, 0.4) is 0 Å². The van der Waals surface area contributed by atoms with Crippen LogP contribution in [0.4, 0.5) is 4.39 Å². The van der Waals surface area contributed by atoms with Crippen LogP contribution < -0.4 is 5.32 Å². The Hall–Kier alpha value is -1.62. The predicted molar refractivity (Wildman–Crippen MR) is 119 cm³/mol. The number of carbonyl (C=O) groups excluding carboxylic acids is 1. The van der Waals surface area contributed by atoms with Gasteiger partial charge in [-0.25, -0.2) is 4.39 Å². The summed E-state index contributed by atoms with van der Waals surface area (Å²) >= 11 is 0. The second-order valence-electron chi connectivity index (χ2n) is 9.30. The molecule has 0 heterocycles. The molecule has 0 unspecified atom stereocenters. The van der Waals surface area contributed by atoms with Crippen molar-refractivity contribution in [3.63, 3.8) is 0 Å². The van der Waals surface area contributed by atoms with Gasteiger partial charge in [0.05, 0.1) is 13.2 Å². The van der Waals surface area contributed by atoms with Crippen LogP contribution in [0.5, 0.6) is 0 Å². The quantitative estimate of drug-likeness (QED) is 0.265. The molecule has 0 atom stereocenters. The van der Waals surface area contributed by atoms with E-state index >= 15 is 0 Å². The van der Waals surface area contributed by atoms with Crippen molar-refractivity contribution in [2.45, 2.75) is 60.3 Å². The Morgan fingerprint density at radius 3 is 2.31 bits per heavy atom. The predicted octanol–water partition coefficient (Wildman–Crippen LogP) is 5.81. The lowest BCUT2D eigenvalue weighted by Gasteiger charge is -2.36. The van der Waals surface area contributed by atoms with Crippen molar-refractivity contribution in [2.75, 3.05) is 26.4 Å². The fourth-order valence-electron chi connectivity index (χ4n) is 3.58. The maximum atomic E-state index is 13.1. The van der Waals surface area contributed by atoms with Crippen LogP contribution in [-0.2, 0) is 14.3 Å². The third kappa shape index (κ3) is 9.62. The van der Waals surface area contributed by atoms with Gasteiger partial charge in [-0.15, -0.1) is 0 Å². The summed E-state index contributed by atoms with van der Waals surface area (Å²) in [7, 11) is 0. The molecule has 5 heteroatoms. The second-order valence-corrected chi connectivity index (χ2v) is 9.30. The van der Waals surface area contributed by atoms with Crippen molar-refractivity contribution < 1.29 is 20.1 Å². The lowest BCUT2D eigenvalue weighted by molar-refractivity contribution is -0.126. The Morgan fingerprint density at radius 2 is 1.79 bits per heavy atom. The SMILES string of the molecule is C=C(F)/C=C(/OCCOCCNC(=O)C1CCC(C(C)(C)C)CC1)C(=C)C(C)C.[HH]. The van der Waals surface area contributed by atoms with Crippen molar-refractivity contribution in [1.29, 1.82) is 0 Å². The van der Waals surface area contributed by atoms with Crippen molar-refractivity contribution >= 4 is 5.91 Å². The van der Waals surface area contributed by atoms with Crippen LogP contribution in [0.2, 0.25) is 0 Å². The molecule has 1 fully saturated rings. The number of ether oxygens (including phenoxy) is 2. The zero-order valence-electron chi connectivity index (χ0n) is 19.0. The highest BCUT2D eigenvalue weighted by atomic mass is 19.1. The van der Waals surface area contributed by atoms with Crippen LogP contribution in [0.15, 0.2) is 36.4 Å². The van der Waals surface area contributed by atoms with Gasteiger partial charge in [0.15, 0.2) is 0 Å². The van der Waals surface area contributed by atoms with Gasteiger partial charge in [0.1, 0.15) is 18.2 Å². The second kappa shape index (κ2) is 12.2. The normalized spacial score (nSPS) is 20.4. The summed E-state index contributed by atoms with van der Waals surface area (Å²) in [5, 5.41) is 2.97. The topological polar surface area (TPSA) is 47.6 Å². The largest absolute Gasteiger partial charge is 0.491 e. The number of hydrogen-bond acceptors (Lipinski definition) is 3. The molecule has 1 aliphatic carbocycles. The average molecular weight is 412 g/mol. The summed E-state index contributed by atoms with van der Waals surface area (Å²) in [5.41, 5.74) is 1.04. The van der Waals surface area contributed by atoms with Crippen LogP contribution in [0, 0.1) is 23.2 Å². The molecule has 1 N–H and O–H groups in total. The third-order valence-electron chi connectivity index (χ3n) is 5.65. The van der Waals surface area contributed by atoms with E-state index < -0.39 is 5.83 Å².